The fourth-order valence-electron chi connectivity index (χ4n) is 5.51. The first-order valence-electron chi connectivity index (χ1n) is 15.3. The van der Waals surface area contributed by atoms with E-state index < -0.39 is 35.5 Å². The number of nitrogens with one attached hydrogen (secondary N) is 1. The van der Waals surface area contributed by atoms with Gasteiger partial charge in [0.25, 0.3) is 17.7 Å². The number of amides is 3. The van der Waals surface area contributed by atoms with E-state index in [0.29, 0.717) is 32.2 Å². The highest BCUT2D eigenvalue weighted by Gasteiger charge is 2.33. The van der Waals surface area contributed by atoms with Gasteiger partial charge in [-0.3, -0.25) is 23.5 Å². The smallest absolute Gasteiger partial charge is 0.333 e. The summed E-state index contributed by atoms with van der Waals surface area (Å²) < 4.78 is 29.9. The fourth-order valence-corrected chi connectivity index (χ4v) is 5.93. The van der Waals surface area contributed by atoms with Crippen molar-refractivity contribution >= 4 is 45.3 Å². The molecule has 14 heteroatoms. The molecule has 4 aromatic rings. The lowest BCUT2D eigenvalue weighted by atomic mass is 10.1. The molecule has 6 rings (SSSR count). The van der Waals surface area contributed by atoms with Gasteiger partial charge >= 0.3 is 5.69 Å². The lowest BCUT2D eigenvalue weighted by Gasteiger charge is -2.28. The number of benzene rings is 3. The van der Waals surface area contributed by atoms with Crippen molar-refractivity contribution in [2.75, 3.05) is 6.54 Å². The summed E-state index contributed by atoms with van der Waals surface area (Å²) in [6.07, 6.45) is 1.19. The van der Waals surface area contributed by atoms with E-state index in [1.807, 2.05) is 0 Å². The van der Waals surface area contributed by atoms with Crippen molar-refractivity contribution < 1.29 is 28.2 Å². The molecular formula is C34H32BrClFN5O6. The molecule has 1 aliphatic heterocycles. The van der Waals surface area contributed by atoms with Gasteiger partial charge in [0.1, 0.15) is 23.0 Å². The van der Waals surface area contributed by atoms with Gasteiger partial charge in [-0.25, -0.2) is 9.18 Å². The maximum absolute atomic E-state index is 15.2. The van der Waals surface area contributed by atoms with Gasteiger partial charge in [0.05, 0.1) is 35.1 Å². The fraction of sp³-hybridized carbons (Fsp3) is 0.294. The number of hydrogen-bond donors (Lipinski definition) is 2. The second kappa shape index (κ2) is 13.5. The van der Waals surface area contributed by atoms with E-state index in [1.54, 1.807) is 54.3 Å². The van der Waals surface area contributed by atoms with Crippen LogP contribution >= 0.6 is 27.5 Å². The van der Waals surface area contributed by atoms with Crippen LogP contribution in [0.25, 0.3) is 5.69 Å². The second-order valence-electron chi connectivity index (χ2n) is 11.8. The molecule has 1 saturated carbocycles. The Morgan fingerprint density at radius 3 is 2.38 bits per heavy atom. The Kier molecular flexibility index (Phi) is 9.35. The first kappa shape index (κ1) is 33.3. The van der Waals surface area contributed by atoms with Crippen molar-refractivity contribution in [3.05, 3.63) is 109 Å². The molecule has 2 aliphatic rings. The average Bonchev–Trinajstić information content (AvgIpc) is 3.83. The molecule has 250 valence electrons. The predicted octanol–water partition coefficient (Wildman–Crippen LogP) is 5.13. The van der Waals surface area contributed by atoms with Crippen molar-refractivity contribution in [2.24, 2.45) is 5.73 Å². The third-order valence-electron chi connectivity index (χ3n) is 8.27. The number of fused-ring (bicyclic) bond motifs is 1. The SMILES string of the molecule is C[C@@H](Oc1ccc([C@@H](C)NC(=O)c2c3n(c(=O)n2-c2ccc(OC4CC4)cc2)CCN(C(=O)c2ccc(Br)c(Cl)c2)C3)c(F)c1)C(N)=O. The van der Waals surface area contributed by atoms with Crippen LogP contribution in [0.1, 0.15) is 64.8 Å². The zero-order chi connectivity index (χ0) is 34.3. The van der Waals surface area contributed by atoms with Crippen molar-refractivity contribution in [3.63, 3.8) is 0 Å². The second-order valence-corrected chi connectivity index (χ2v) is 13.0. The van der Waals surface area contributed by atoms with E-state index in [2.05, 4.69) is 21.2 Å². The molecular weight excluding hydrogens is 709 g/mol. The summed E-state index contributed by atoms with van der Waals surface area (Å²) in [6.45, 7) is 3.39. The van der Waals surface area contributed by atoms with Crippen molar-refractivity contribution in [3.8, 4) is 17.2 Å². The van der Waals surface area contributed by atoms with E-state index in [-0.39, 0.29) is 48.7 Å². The zero-order valence-electron chi connectivity index (χ0n) is 26.0. The number of imidazole rings is 1. The van der Waals surface area contributed by atoms with Crippen LogP contribution in [0.15, 0.2) is 69.9 Å². The van der Waals surface area contributed by atoms with E-state index in [0.717, 1.165) is 18.9 Å². The van der Waals surface area contributed by atoms with Crippen LogP contribution in [0, 0.1) is 5.82 Å². The molecule has 0 spiro atoms. The molecule has 0 unspecified atom stereocenters. The summed E-state index contributed by atoms with van der Waals surface area (Å²) in [4.78, 5) is 54.5. The molecule has 3 N–H and O–H groups in total. The van der Waals surface area contributed by atoms with Gasteiger partial charge in [-0.15, -0.1) is 0 Å². The molecule has 0 saturated heterocycles. The topological polar surface area (TPSA) is 138 Å². The van der Waals surface area contributed by atoms with Crippen molar-refractivity contribution in [1.29, 1.82) is 0 Å². The zero-order valence-corrected chi connectivity index (χ0v) is 28.4. The molecule has 2 atom stereocenters. The lowest BCUT2D eigenvalue weighted by Crippen LogP contribution is -2.41. The number of hydrogen-bond acceptors (Lipinski definition) is 6. The molecule has 1 aromatic heterocycles. The number of rotatable bonds is 10. The minimum atomic E-state index is -0.966. The lowest BCUT2D eigenvalue weighted by molar-refractivity contribution is -0.124. The van der Waals surface area contributed by atoms with Gasteiger partial charge in [0.15, 0.2) is 6.10 Å². The Morgan fingerprint density at radius 2 is 1.73 bits per heavy atom. The third-order valence-corrected chi connectivity index (χ3v) is 9.50. The van der Waals surface area contributed by atoms with Crippen LogP contribution < -0.4 is 26.2 Å². The molecule has 11 nitrogen and oxygen atoms in total. The number of carbonyl (C=O) groups excluding carboxylic acids is 3. The molecule has 1 aliphatic carbocycles. The Labute approximate surface area is 288 Å². The van der Waals surface area contributed by atoms with Crippen LogP contribution in [-0.4, -0.2) is 50.5 Å². The minimum absolute atomic E-state index is 0.0182. The maximum Gasteiger partial charge on any atom is 0.333 e. The number of halogens is 3. The van der Waals surface area contributed by atoms with E-state index in [9.17, 15) is 19.2 Å². The quantitative estimate of drug-likeness (QED) is 0.231. The van der Waals surface area contributed by atoms with Gasteiger partial charge < -0.3 is 25.4 Å². The Morgan fingerprint density at radius 1 is 1.02 bits per heavy atom. The molecule has 0 bridgehead atoms. The third kappa shape index (κ3) is 6.83. The van der Waals surface area contributed by atoms with Gasteiger partial charge in [-0.1, -0.05) is 17.7 Å². The highest BCUT2D eigenvalue weighted by molar-refractivity contribution is 9.10. The van der Waals surface area contributed by atoms with Crippen molar-refractivity contribution in [2.45, 2.75) is 58.0 Å². The van der Waals surface area contributed by atoms with Gasteiger partial charge in [-0.05, 0) is 91.1 Å². The number of nitrogens with two attached hydrogens (primary N) is 1. The summed E-state index contributed by atoms with van der Waals surface area (Å²) in [5.41, 5.74) is 6.07. The summed E-state index contributed by atoms with van der Waals surface area (Å²) in [7, 11) is 0. The van der Waals surface area contributed by atoms with E-state index in [4.69, 9.17) is 26.8 Å². The normalized spacial score (nSPS) is 15.3. The standard InChI is InChI=1S/C34H32BrClFN5O6/c1-18(25-11-10-24(16-28(25)37)47-19(2)31(38)43)39-32(44)30-29-17-40(33(45)20-3-12-26(35)27(36)15-20)13-14-41(29)34(46)42(30)21-4-6-22(7-5-21)48-23-8-9-23/h3-7,10-12,15-16,18-19,23H,8-9,13-14,17H2,1-2H3,(H2,38,43)(H,39,44)/t18-,19-/m1/s1. The van der Waals surface area contributed by atoms with Crippen LogP contribution in [0.3, 0.4) is 0 Å². The number of carbonyl (C=O) groups is 3. The minimum Gasteiger partial charge on any atom is -0.490 e. The number of aromatic nitrogens is 2. The highest BCUT2D eigenvalue weighted by atomic mass is 79.9. The first-order chi connectivity index (χ1) is 22.9. The largest absolute Gasteiger partial charge is 0.490 e. The molecule has 48 heavy (non-hydrogen) atoms. The average molecular weight is 741 g/mol. The molecule has 3 aromatic carbocycles. The number of ether oxygens (including phenoxy) is 2. The molecule has 1 fully saturated rings. The summed E-state index contributed by atoms with van der Waals surface area (Å²) >= 11 is 9.59. The number of primary amides is 1. The monoisotopic (exact) mass is 739 g/mol. The van der Waals surface area contributed by atoms with Crippen molar-refractivity contribution in [1.82, 2.24) is 19.4 Å². The molecule has 0 radical (unpaired) electrons. The van der Waals surface area contributed by atoms with Crippen LogP contribution in [0.5, 0.6) is 11.5 Å². The molecule has 2 heterocycles. The number of nitrogens with zero attached hydrogens (tertiary/aromatic N) is 3. The summed E-state index contributed by atoms with van der Waals surface area (Å²) in [6, 6.07) is 14.9. The molecule has 3 amide bonds. The highest BCUT2D eigenvalue weighted by Crippen LogP contribution is 2.30. The Balaban J connectivity index is 1.33. The van der Waals surface area contributed by atoms with Gasteiger partial charge in [0, 0.05) is 34.8 Å². The van der Waals surface area contributed by atoms with E-state index in [1.165, 1.54) is 28.2 Å². The first-order valence-corrected chi connectivity index (χ1v) is 16.5. The maximum atomic E-state index is 15.2. The Bertz CT molecular complexity index is 1980. The predicted molar refractivity (Wildman–Crippen MR) is 179 cm³/mol. The van der Waals surface area contributed by atoms with Crippen LogP contribution in [0.4, 0.5) is 4.39 Å². The van der Waals surface area contributed by atoms with E-state index >= 15 is 4.39 Å². The van der Waals surface area contributed by atoms with Gasteiger partial charge in [0.2, 0.25) is 0 Å². The summed E-state index contributed by atoms with van der Waals surface area (Å²) in [5.74, 6) is -1.59. The van der Waals surface area contributed by atoms with Gasteiger partial charge in [-0.2, -0.15) is 0 Å². The Hall–Kier alpha value is -4.62. The summed E-state index contributed by atoms with van der Waals surface area (Å²) in [5, 5.41) is 3.20. The van der Waals surface area contributed by atoms with Crippen LogP contribution in [0.2, 0.25) is 5.02 Å². The van der Waals surface area contributed by atoms with Crippen LogP contribution in [-0.2, 0) is 17.9 Å².